The van der Waals surface area contributed by atoms with E-state index in [1.54, 1.807) is 30.3 Å². The zero-order chi connectivity index (χ0) is 22.4. The van der Waals surface area contributed by atoms with Crippen LogP contribution in [0.1, 0.15) is 30.9 Å². The largest absolute Gasteiger partial charge is 0.506 e. The predicted molar refractivity (Wildman–Crippen MR) is 120 cm³/mol. The minimum absolute atomic E-state index is 0.0369. The quantitative estimate of drug-likeness (QED) is 0.280. The zero-order valence-corrected chi connectivity index (χ0v) is 19.3. The van der Waals surface area contributed by atoms with Gasteiger partial charge in [-0.25, -0.2) is 9.59 Å². The summed E-state index contributed by atoms with van der Waals surface area (Å²) in [6.07, 6.45) is 2.51. The Morgan fingerprint density at radius 3 is 2.74 bits per heavy atom. The highest BCUT2D eigenvalue weighted by Crippen LogP contribution is 2.39. The van der Waals surface area contributed by atoms with Crippen LogP contribution in [-0.2, 0) is 9.53 Å². The lowest BCUT2D eigenvalue weighted by atomic mass is 10.0. The lowest BCUT2D eigenvalue weighted by Gasteiger charge is -2.20. The van der Waals surface area contributed by atoms with E-state index in [1.165, 1.54) is 6.08 Å². The molecular weight excluding hydrogens is 538 g/mol. The SMILES string of the molecule is O=C(O)/C=C/CCC[C@@H](OC(=O)Nc1ccc2c(c1)OCO2)c1cc(Br)cc(Br)c1O. The first-order chi connectivity index (χ1) is 14.8. The lowest BCUT2D eigenvalue weighted by Crippen LogP contribution is -2.18. The molecular formula is C21H19Br2NO7. The van der Waals surface area contributed by atoms with Crippen molar-refractivity contribution in [2.75, 3.05) is 12.1 Å². The number of anilines is 1. The molecule has 31 heavy (non-hydrogen) atoms. The van der Waals surface area contributed by atoms with Crippen molar-refractivity contribution in [2.24, 2.45) is 0 Å². The first kappa shape index (κ1) is 23.0. The van der Waals surface area contributed by atoms with Crippen LogP contribution in [0.4, 0.5) is 10.5 Å². The molecule has 3 N–H and O–H groups in total. The third-order valence-corrected chi connectivity index (χ3v) is 5.43. The Morgan fingerprint density at radius 2 is 1.97 bits per heavy atom. The highest BCUT2D eigenvalue weighted by Gasteiger charge is 2.23. The van der Waals surface area contributed by atoms with Gasteiger partial charge >= 0.3 is 12.1 Å². The van der Waals surface area contributed by atoms with Crippen LogP contribution in [-0.4, -0.2) is 29.1 Å². The van der Waals surface area contributed by atoms with Gasteiger partial charge in [0.25, 0.3) is 0 Å². The van der Waals surface area contributed by atoms with E-state index in [1.807, 2.05) is 0 Å². The van der Waals surface area contributed by atoms with Crippen molar-refractivity contribution in [2.45, 2.75) is 25.4 Å². The topological polar surface area (TPSA) is 114 Å². The number of phenolic OH excluding ortho intramolecular Hbond substituents is 1. The maximum atomic E-state index is 12.6. The van der Waals surface area contributed by atoms with Crippen molar-refractivity contribution in [3.63, 3.8) is 0 Å². The number of unbranched alkanes of at least 4 members (excludes halogenated alkanes) is 1. The summed E-state index contributed by atoms with van der Waals surface area (Å²) in [5.41, 5.74) is 0.890. The van der Waals surface area contributed by atoms with Crippen molar-refractivity contribution >= 4 is 49.6 Å². The van der Waals surface area contributed by atoms with Crippen LogP contribution < -0.4 is 14.8 Å². The molecule has 0 unspecified atom stereocenters. The van der Waals surface area contributed by atoms with Gasteiger partial charge in [0.15, 0.2) is 11.5 Å². The number of aliphatic carboxylic acids is 1. The number of aromatic hydroxyl groups is 1. The van der Waals surface area contributed by atoms with E-state index < -0.39 is 18.2 Å². The molecule has 0 saturated carbocycles. The summed E-state index contributed by atoms with van der Waals surface area (Å²) in [4.78, 5) is 23.2. The second kappa shape index (κ2) is 10.5. The van der Waals surface area contributed by atoms with Crippen molar-refractivity contribution in [1.82, 2.24) is 0 Å². The monoisotopic (exact) mass is 555 g/mol. The van der Waals surface area contributed by atoms with Gasteiger partial charge in [-0.15, -0.1) is 0 Å². The number of phenols is 1. The van der Waals surface area contributed by atoms with Crippen molar-refractivity contribution in [3.8, 4) is 17.2 Å². The van der Waals surface area contributed by atoms with E-state index in [9.17, 15) is 14.7 Å². The molecule has 0 fully saturated rings. The van der Waals surface area contributed by atoms with Crippen LogP contribution in [0.25, 0.3) is 0 Å². The molecule has 1 aliphatic heterocycles. The zero-order valence-electron chi connectivity index (χ0n) is 16.1. The highest BCUT2D eigenvalue weighted by atomic mass is 79.9. The first-order valence-corrected chi connectivity index (χ1v) is 10.9. The number of carbonyl (C=O) groups is 2. The van der Waals surface area contributed by atoms with E-state index in [0.717, 1.165) is 6.08 Å². The summed E-state index contributed by atoms with van der Waals surface area (Å²) in [5.74, 6) is 0.0536. The van der Waals surface area contributed by atoms with E-state index in [4.69, 9.17) is 19.3 Å². The molecule has 10 heteroatoms. The molecule has 0 aliphatic carbocycles. The average molecular weight is 557 g/mol. The number of carboxylic acid groups (broad SMARTS) is 1. The fourth-order valence-corrected chi connectivity index (χ4v) is 4.22. The summed E-state index contributed by atoms with van der Waals surface area (Å²) in [5, 5.41) is 21.8. The van der Waals surface area contributed by atoms with Crippen molar-refractivity contribution in [1.29, 1.82) is 0 Å². The first-order valence-electron chi connectivity index (χ1n) is 9.28. The molecule has 164 valence electrons. The molecule has 2 aromatic carbocycles. The van der Waals surface area contributed by atoms with Gasteiger partial charge in [-0.2, -0.15) is 0 Å². The van der Waals surface area contributed by atoms with Crippen molar-refractivity contribution < 1.29 is 34.0 Å². The third-order valence-electron chi connectivity index (χ3n) is 4.37. The standard InChI is InChI=1S/C21H19Br2NO7/c22-12-8-14(20(27)15(23)9-12)16(4-2-1-3-5-19(25)26)31-21(28)24-13-6-7-17-18(10-13)30-11-29-17/h3,5-10,16,27H,1-2,4,11H2,(H,24,28)(H,25,26)/b5-3+/t16-/m1/s1. The van der Waals surface area contributed by atoms with E-state index in [0.29, 0.717) is 51.0 Å². The molecule has 0 radical (unpaired) electrons. The Balaban J connectivity index is 1.72. The highest BCUT2D eigenvalue weighted by molar-refractivity contribution is 9.11. The van der Waals surface area contributed by atoms with Crippen LogP contribution in [0.15, 0.2) is 51.4 Å². The fourth-order valence-electron chi connectivity index (χ4n) is 2.97. The summed E-state index contributed by atoms with van der Waals surface area (Å²) >= 11 is 6.66. The number of rotatable bonds is 8. The van der Waals surface area contributed by atoms with Gasteiger partial charge in [-0.1, -0.05) is 22.0 Å². The third kappa shape index (κ3) is 6.38. The number of amides is 1. The maximum absolute atomic E-state index is 12.6. The number of hydrogen-bond donors (Lipinski definition) is 3. The Kier molecular flexibility index (Phi) is 7.80. The van der Waals surface area contributed by atoms with Crippen molar-refractivity contribution in [3.05, 3.63) is 57.0 Å². The smallest absolute Gasteiger partial charge is 0.412 e. The Hall–Kier alpha value is -2.72. The normalized spacial score (nSPS) is 13.2. The minimum Gasteiger partial charge on any atom is -0.506 e. The molecule has 2 aromatic rings. The Bertz CT molecular complexity index is 1010. The molecule has 1 aliphatic rings. The molecule has 0 spiro atoms. The van der Waals surface area contributed by atoms with Crippen LogP contribution in [0.2, 0.25) is 0 Å². The minimum atomic E-state index is -1.02. The number of allylic oxidation sites excluding steroid dienone is 1. The van der Waals surface area contributed by atoms with Gasteiger partial charge in [0.1, 0.15) is 11.9 Å². The van der Waals surface area contributed by atoms with Gasteiger partial charge in [0.2, 0.25) is 6.79 Å². The summed E-state index contributed by atoms with van der Waals surface area (Å²) in [7, 11) is 0. The molecule has 1 amide bonds. The molecule has 8 nitrogen and oxygen atoms in total. The van der Waals surface area contributed by atoms with E-state index >= 15 is 0 Å². The summed E-state index contributed by atoms with van der Waals surface area (Å²) in [6.45, 7) is 0.124. The van der Waals surface area contributed by atoms with Crippen LogP contribution in [0.5, 0.6) is 17.2 Å². The summed E-state index contributed by atoms with van der Waals surface area (Å²) < 4.78 is 17.3. The fraction of sp³-hybridized carbons (Fsp3) is 0.238. The number of hydrogen-bond acceptors (Lipinski definition) is 6. The number of benzene rings is 2. The predicted octanol–water partition coefficient (Wildman–Crippen LogP) is 5.75. The molecule has 0 bridgehead atoms. The summed E-state index contributed by atoms with van der Waals surface area (Å²) in [6, 6.07) is 8.32. The second-order valence-corrected chi connectivity index (χ2v) is 8.35. The number of ether oxygens (including phenoxy) is 3. The van der Waals surface area contributed by atoms with Gasteiger partial charge in [0, 0.05) is 27.9 Å². The van der Waals surface area contributed by atoms with Crippen LogP contribution >= 0.6 is 31.9 Å². The molecule has 3 rings (SSSR count). The number of carbonyl (C=O) groups excluding carboxylic acids is 1. The molecule has 1 atom stereocenters. The van der Waals surface area contributed by atoms with Crippen LogP contribution in [0, 0.1) is 0 Å². The number of nitrogens with one attached hydrogen (secondary N) is 1. The molecule has 0 aromatic heterocycles. The Morgan fingerprint density at radius 1 is 1.19 bits per heavy atom. The molecule has 0 saturated heterocycles. The lowest BCUT2D eigenvalue weighted by molar-refractivity contribution is -0.131. The van der Waals surface area contributed by atoms with Gasteiger partial charge in [0.05, 0.1) is 4.47 Å². The van der Waals surface area contributed by atoms with E-state index in [2.05, 4.69) is 37.2 Å². The van der Waals surface area contributed by atoms with Gasteiger partial charge in [-0.3, -0.25) is 5.32 Å². The Labute approximate surface area is 195 Å². The van der Waals surface area contributed by atoms with E-state index in [-0.39, 0.29) is 12.5 Å². The van der Waals surface area contributed by atoms with Crippen LogP contribution in [0.3, 0.4) is 0 Å². The molecule has 1 heterocycles. The average Bonchev–Trinajstić information content (AvgIpc) is 3.17. The van der Waals surface area contributed by atoms with Gasteiger partial charge < -0.3 is 24.4 Å². The number of carboxylic acids is 1. The maximum Gasteiger partial charge on any atom is 0.412 e. The number of fused-ring (bicyclic) bond motifs is 1. The second-order valence-electron chi connectivity index (χ2n) is 6.58. The van der Waals surface area contributed by atoms with Gasteiger partial charge in [-0.05, 0) is 59.5 Å². The number of halogens is 2.